The molecule has 0 spiro atoms. The number of fused-ring (bicyclic) bond motifs is 2. The van der Waals surface area contributed by atoms with E-state index >= 15 is 0 Å². The highest BCUT2D eigenvalue weighted by molar-refractivity contribution is 6.30. The van der Waals surface area contributed by atoms with Crippen LogP contribution in [0.5, 0.6) is 0 Å². The van der Waals surface area contributed by atoms with Gasteiger partial charge in [0.15, 0.2) is 11.6 Å². The number of benzene rings is 3. The lowest BCUT2D eigenvalue weighted by molar-refractivity contribution is 0.0979. The molecule has 4 heteroatoms. The topological polar surface area (TPSA) is 57.6 Å². The molecule has 0 aromatic heterocycles. The van der Waals surface area contributed by atoms with E-state index in [4.69, 9.17) is 0 Å². The minimum absolute atomic E-state index is 0.0730. The molecule has 1 N–H and O–H groups in total. The maximum atomic E-state index is 13.3. The molecule has 4 nitrogen and oxygen atoms in total. The van der Waals surface area contributed by atoms with Crippen LogP contribution in [-0.4, -0.2) is 29.8 Å². The summed E-state index contributed by atoms with van der Waals surface area (Å²) in [5.74, 6) is -0.295. The number of hydrogen-bond donors (Lipinski definition) is 1. The van der Waals surface area contributed by atoms with Crippen LogP contribution >= 0.6 is 0 Å². The fourth-order valence-corrected chi connectivity index (χ4v) is 3.61. The smallest absolute Gasteiger partial charge is 0.196 e. The Kier molecular flexibility index (Phi) is 4.34. The van der Waals surface area contributed by atoms with E-state index in [1.165, 1.54) is 0 Å². The number of ketones is 2. The number of para-hydroxylation sites is 1. The van der Waals surface area contributed by atoms with E-state index in [1.807, 2.05) is 54.3 Å². The lowest BCUT2D eigenvalue weighted by atomic mass is 9.82. The zero-order chi connectivity index (χ0) is 19.0. The molecular formula is C23H19NO3. The van der Waals surface area contributed by atoms with E-state index in [9.17, 15) is 14.7 Å². The second kappa shape index (κ2) is 6.82. The van der Waals surface area contributed by atoms with Gasteiger partial charge in [0.1, 0.15) is 0 Å². The zero-order valence-electron chi connectivity index (χ0n) is 15.0. The van der Waals surface area contributed by atoms with Crippen LogP contribution in [0.25, 0.3) is 0 Å². The highest BCUT2D eigenvalue weighted by Gasteiger charge is 2.33. The number of aryl methyl sites for hydroxylation is 1. The van der Waals surface area contributed by atoms with E-state index in [2.05, 4.69) is 0 Å². The number of carbonyl (C=O) groups is 2. The van der Waals surface area contributed by atoms with Gasteiger partial charge in [0.2, 0.25) is 0 Å². The van der Waals surface area contributed by atoms with Gasteiger partial charge in [-0.2, -0.15) is 0 Å². The molecule has 0 atom stereocenters. The largest absolute Gasteiger partial charge is 0.395 e. The average molecular weight is 357 g/mol. The Morgan fingerprint density at radius 3 is 2.33 bits per heavy atom. The maximum Gasteiger partial charge on any atom is 0.196 e. The Bertz CT molecular complexity index is 1040. The third kappa shape index (κ3) is 2.84. The second-order valence-electron chi connectivity index (χ2n) is 6.62. The van der Waals surface area contributed by atoms with Crippen molar-refractivity contribution in [2.45, 2.75) is 6.92 Å². The lowest BCUT2D eigenvalue weighted by Gasteiger charge is -2.29. The Balaban J connectivity index is 1.93. The van der Waals surface area contributed by atoms with E-state index in [0.717, 1.165) is 11.3 Å². The number of aliphatic hydroxyl groups is 1. The van der Waals surface area contributed by atoms with E-state index in [-0.39, 0.29) is 18.2 Å². The summed E-state index contributed by atoms with van der Waals surface area (Å²) in [5, 5.41) is 9.58. The van der Waals surface area contributed by atoms with Crippen molar-refractivity contribution < 1.29 is 14.7 Å². The first-order valence-electron chi connectivity index (χ1n) is 8.88. The van der Waals surface area contributed by atoms with Crippen LogP contribution in [0.4, 0.5) is 11.4 Å². The number of anilines is 2. The molecular weight excluding hydrogens is 338 g/mol. The molecule has 0 unspecified atom stereocenters. The van der Waals surface area contributed by atoms with Crippen molar-refractivity contribution >= 4 is 22.9 Å². The van der Waals surface area contributed by atoms with Crippen LogP contribution in [-0.2, 0) is 0 Å². The molecule has 0 saturated carbocycles. The predicted molar refractivity (Wildman–Crippen MR) is 105 cm³/mol. The van der Waals surface area contributed by atoms with Crippen LogP contribution in [0.15, 0.2) is 66.7 Å². The van der Waals surface area contributed by atoms with Crippen molar-refractivity contribution in [2.24, 2.45) is 0 Å². The first-order valence-corrected chi connectivity index (χ1v) is 8.88. The quantitative estimate of drug-likeness (QED) is 0.602. The molecule has 0 radical (unpaired) electrons. The minimum atomic E-state index is -0.155. The molecule has 4 rings (SSSR count). The molecule has 1 aliphatic carbocycles. The highest BCUT2D eigenvalue weighted by Crippen LogP contribution is 2.36. The molecule has 27 heavy (non-hydrogen) atoms. The molecule has 1 aliphatic rings. The van der Waals surface area contributed by atoms with Gasteiger partial charge in [-0.05, 0) is 31.2 Å². The van der Waals surface area contributed by atoms with Crippen molar-refractivity contribution in [1.82, 2.24) is 0 Å². The molecule has 0 saturated heterocycles. The fraction of sp³-hybridized carbons (Fsp3) is 0.130. The molecule has 3 aromatic carbocycles. The standard InChI is InChI=1S/C23H19NO3/c1-15-10-11-17-19(14-15)23(27)21-18(22(17)26)8-5-9-20(21)24(12-13-25)16-6-3-2-4-7-16/h2-11,14,25H,12-13H2,1H3. The summed E-state index contributed by atoms with van der Waals surface area (Å²) in [6.07, 6.45) is 0. The van der Waals surface area contributed by atoms with Gasteiger partial charge in [0, 0.05) is 28.9 Å². The summed E-state index contributed by atoms with van der Waals surface area (Å²) >= 11 is 0. The minimum Gasteiger partial charge on any atom is -0.395 e. The third-order valence-corrected chi connectivity index (χ3v) is 4.86. The third-order valence-electron chi connectivity index (χ3n) is 4.86. The predicted octanol–water partition coefficient (Wildman–Crippen LogP) is 3.90. The van der Waals surface area contributed by atoms with Gasteiger partial charge in [-0.1, -0.05) is 48.0 Å². The van der Waals surface area contributed by atoms with E-state index in [1.54, 1.807) is 24.3 Å². The average Bonchev–Trinajstić information content (AvgIpc) is 2.70. The number of nitrogens with zero attached hydrogens (tertiary/aromatic N) is 1. The van der Waals surface area contributed by atoms with Gasteiger partial charge in [-0.3, -0.25) is 9.59 Å². The SMILES string of the molecule is Cc1ccc2c(c1)C(=O)c1c(cccc1N(CCO)c1ccccc1)C2=O. The monoisotopic (exact) mass is 357 g/mol. The Labute approximate surface area is 157 Å². The molecule has 3 aromatic rings. The summed E-state index contributed by atoms with van der Waals surface area (Å²) in [5.41, 5.74) is 4.13. The van der Waals surface area contributed by atoms with Crippen LogP contribution in [0.1, 0.15) is 37.4 Å². The lowest BCUT2D eigenvalue weighted by Crippen LogP contribution is -2.27. The van der Waals surface area contributed by atoms with Crippen molar-refractivity contribution in [1.29, 1.82) is 0 Å². The summed E-state index contributed by atoms with van der Waals surface area (Å²) in [6, 6.07) is 20.2. The van der Waals surface area contributed by atoms with Crippen LogP contribution in [0, 0.1) is 6.92 Å². The Hall–Kier alpha value is -3.24. The van der Waals surface area contributed by atoms with Crippen molar-refractivity contribution in [3.8, 4) is 0 Å². The second-order valence-corrected chi connectivity index (χ2v) is 6.62. The normalized spacial score (nSPS) is 12.5. The maximum absolute atomic E-state index is 13.3. The first kappa shape index (κ1) is 17.2. The summed E-state index contributed by atoms with van der Waals surface area (Å²) < 4.78 is 0. The van der Waals surface area contributed by atoms with E-state index in [0.29, 0.717) is 34.5 Å². The first-order chi connectivity index (χ1) is 13.1. The van der Waals surface area contributed by atoms with Gasteiger partial charge >= 0.3 is 0 Å². The highest BCUT2D eigenvalue weighted by atomic mass is 16.3. The number of hydrogen-bond acceptors (Lipinski definition) is 4. The van der Waals surface area contributed by atoms with Crippen molar-refractivity contribution in [2.75, 3.05) is 18.1 Å². The van der Waals surface area contributed by atoms with Crippen LogP contribution < -0.4 is 4.90 Å². The Morgan fingerprint density at radius 2 is 1.59 bits per heavy atom. The van der Waals surface area contributed by atoms with Crippen molar-refractivity contribution in [3.63, 3.8) is 0 Å². The van der Waals surface area contributed by atoms with Gasteiger partial charge in [-0.15, -0.1) is 0 Å². The van der Waals surface area contributed by atoms with Gasteiger partial charge < -0.3 is 10.0 Å². The zero-order valence-corrected chi connectivity index (χ0v) is 15.0. The fourth-order valence-electron chi connectivity index (χ4n) is 3.61. The molecule has 0 amide bonds. The summed E-state index contributed by atoms with van der Waals surface area (Å²) in [7, 11) is 0. The number of carbonyl (C=O) groups excluding carboxylic acids is 2. The summed E-state index contributed by atoms with van der Waals surface area (Å²) in [4.78, 5) is 28.2. The molecule has 0 fully saturated rings. The van der Waals surface area contributed by atoms with Gasteiger partial charge in [0.05, 0.1) is 17.9 Å². The van der Waals surface area contributed by atoms with Crippen LogP contribution in [0.3, 0.4) is 0 Å². The molecule has 0 aliphatic heterocycles. The van der Waals surface area contributed by atoms with Crippen molar-refractivity contribution in [3.05, 3.63) is 94.5 Å². The molecule has 134 valence electrons. The summed E-state index contributed by atoms with van der Waals surface area (Å²) in [6.45, 7) is 2.15. The van der Waals surface area contributed by atoms with E-state index < -0.39 is 0 Å². The Morgan fingerprint density at radius 1 is 0.815 bits per heavy atom. The molecule has 0 heterocycles. The van der Waals surface area contributed by atoms with Gasteiger partial charge in [-0.25, -0.2) is 0 Å². The number of aliphatic hydroxyl groups excluding tert-OH is 1. The number of rotatable bonds is 4. The van der Waals surface area contributed by atoms with Gasteiger partial charge in [0.25, 0.3) is 0 Å². The molecule has 0 bridgehead atoms. The van der Waals surface area contributed by atoms with Crippen LogP contribution in [0.2, 0.25) is 0 Å².